The molecule has 1 heterocycles. The minimum absolute atomic E-state index is 0.129. The number of hydrogen-bond donors (Lipinski definition) is 0. The summed E-state index contributed by atoms with van der Waals surface area (Å²) in [5.41, 5.74) is 1.98. The van der Waals surface area contributed by atoms with Gasteiger partial charge in [0.15, 0.2) is 0 Å². The van der Waals surface area contributed by atoms with E-state index in [9.17, 15) is 4.79 Å². The SMILES string of the molecule is CC(C)Oc1ccccc1CN1CCN(C(=O)c2ccccc2)CC1. The number of ether oxygens (including phenoxy) is 1. The Balaban J connectivity index is 1.57. The van der Waals surface area contributed by atoms with Crippen molar-refractivity contribution >= 4 is 5.91 Å². The van der Waals surface area contributed by atoms with Crippen molar-refractivity contribution in [1.29, 1.82) is 0 Å². The van der Waals surface area contributed by atoms with Crippen molar-refractivity contribution in [2.75, 3.05) is 26.2 Å². The third-order valence-electron chi connectivity index (χ3n) is 4.41. The van der Waals surface area contributed by atoms with Gasteiger partial charge in [-0.2, -0.15) is 0 Å². The Bertz CT molecular complexity index is 692. The summed E-state index contributed by atoms with van der Waals surface area (Å²) in [5.74, 6) is 1.09. The zero-order chi connectivity index (χ0) is 17.6. The quantitative estimate of drug-likeness (QED) is 0.837. The van der Waals surface area contributed by atoms with Gasteiger partial charge in [-0.1, -0.05) is 36.4 Å². The fourth-order valence-electron chi connectivity index (χ4n) is 3.12. The molecule has 1 saturated heterocycles. The molecule has 4 nitrogen and oxygen atoms in total. The molecule has 0 bridgehead atoms. The van der Waals surface area contributed by atoms with E-state index in [4.69, 9.17) is 4.74 Å². The Labute approximate surface area is 150 Å². The molecule has 0 radical (unpaired) electrons. The summed E-state index contributed by atoms with van der Waals surface area (Å²) in [6, 6.07) is 17.7. The van der Waals surface area contributed by atoms with Gasteiger partial charge >= 0.3 is 0 Å². The van der Waals surface area contributed by atoms with Gasteiger partial charge in [-0.3, -0.25) is 9.69 Å². The molecule has 132 valence electrons. The molecule has 1 aliphatic rings. The predicted octanol–water partition coefficient (Wildman–Crippen LogP) is 3.43. The van der Waals surface area contributed by atoms with Crippen molar-refractivity contribution in [1.82, 2.24) is 9.80 Å². The van der Waals surface area contributed by atoms with E-state index in [0.29, 0.717) is 0 Å². The Morgan fingerprint density at radius 3 is 2.28 bits per heavy atom. The molecule has 2 aromatic carbocycles. The third kappa shape index (κ3) is 4.60. The Hall–Kier alpha value is -2.33. The summed E-state index contributed by atoms with van der Waals surface area (Å²) in [7, 11) is 0. The maximum Gasteiger partial charge on any atom is 0.253 e. The zero-order valence-corrected chi connectivity index (χ0v) is 15.0. The predicted molar refractivity (Wildman–Crippen MR) is 99.8 cm³/mol. The van der Waals surface area contributed by atoms with Crippen LogP contribution in [0.4, 0.5) is 0 Å². The van der Waals surface area contributed by atoms with Crippen molar-refractivity contribution in [3.8, 4) is 5.75 Å². The number of rotatable bonds is 5. The number of hydrogen-bond acceptors (Lipinski definition) is 3. The van der Waals surface area contributed by atoms with Gasteiger partial charge in [-0.25, -0.2) is 0 Å². The van der Waals surface area contributed by atoms with Crippen LogP contribution in [0.5, 0.6) is 5.75 Å². The van der Waals surface area contributed by atoms with Crippen molar-refractivity contribution in [3.63, 3.8) is 0 Å². The van der Waals surface area contributed by atoms with Gasteiger partial charge in [0.2, 0.25) is 0 Å². The monoisotopic (exact) mass is 338 g/mol. The molecular weight excluding hydrogens is 312 g/mol. The highest BCUT2D eigenvalue weighted by Gasteiger charge is 2.22. The van der Waals surface area contributed by atoms with E-state index in [1.54, 1.807) is 0 Å². The van der Waals surface area contributed by atoms with Gasteiger partial charge in [-0.05, 0) is 32.0 Å². The summed E-state index contributed by atoms with van der Waals surface area (Å²) in [6.07, 6.45) is 0.168. The van der Waals surface area contributed by atoms with Crippen LogP contribution in [0.3, 0.4) is 0 Å². The highest BCUT2D eigenvalue weighted by atomic mass is 16.5. The minimum atomic E-state index is 0.129. The van der Waals surface area contributed by atoms with Crippen LogP contribution < -0.4 is 4.74 Å². The van der Waals surface area contributed by atoms with Crippen molar-refractivity contribution in [2.45, 2.75) is 26.5 Å². The van der Waals surface area contributed by atoms with E-state index in [1.165, 1.54) is 5.56 Å². The summed E-state index contributed by atoms with van der Waals surface area (Å²) in [4.78, 5) is 16.9. The number of para-hydroxylation sites is 1. The van der Waals surface area contributed by atoms with Gasteiger partial charge in [0.05, 0.1) is 6.10 Å². The first-order valence-corrected chi connectivity index (χ1v) is 8.94. The molecule has 0 aliphatic carbocycles. The van der Waals surface area contributed by atoms with Crippen LogP contribution in [0.1, 0.15) is 29.8 Å². The zero-order valence-electron chi connectivity index (χ0n) is 15.0. The molecule has 0 unspecified atom stereocenters. The van der Waals surface area contributed by atoms with Crippen molar-refractivity contribution in [2.24, 2.45) is 0 Å². The van der Waals surface area contributed by atoms with Crippen LogP contribution in [-0.2, 0) is 6.54 Å². The molecule has 0 spiro atoms. The molecule has 0 aromatic heterocycles. The van der Waals surface area contributed by atoms with Crippen LogP contribution in [0.15, 0.2) is 54.6 Å². The van der Waals surface area contributed by atoms with E-state index in [-0.39, 0.29) is 12.0 Å². The number of nitrogens with zero attached hydrogens (tertiary/aromatic N) is 2. The van der Waals surface area contributed by atoms with Gasteiger partial charge in [0, 0.05) is 43.9 Å². The Kier molecular flexibility index (Phi) is 5.71. The first kappa shape index (κ1) is 17.5. The summed E-state index contributed by atoms with van der Waals surface area (Å²) >= 11 is 0. The lowest BCUT2D eigenvalue weighted by Gasteiger charge is -2.35. The highest BCUT2D eigenvalue weighted by molar-refractivity contribution is 5.94. The number of amides is 1. The topological polar surface area (TPSA) is 32.8 Å². The maximum absolute atomic E-state index is 12.5. The standard InChI is InChI=1S/C21H26N2O2/c1-17(2)25-20-11-7-6-10-19(20)16-22-12-14-23(15-13-22)21(24)18-8-4-3-5-9-18/h3-11,17H,12-16H2,1-2H3. The summed E-state index contributed by atoms with van der Waals surface area (Å²) in [5, 5.41) is 0. The average Bonchev–Trinajstić information content (AvgIpc) is 2.64. The fourth-order valence-corrected chi connectivity index (χ4v) is 3.12. The Morgan fingerprint density at radius 2 is 1.60 bits per heavy atom. The van der Waals surface area contributed by atoms with Crippen molar-refractivity contribution in [3.05, 3.63) is 65.7 Å². The molecule has 1 fully saturated rings. The van der Waals surface area contributed by atoms with Gasteiger partial charge in [-0.15, -0.1) is 0 Å². The number of benzene rings is 2. The first-order chi connectivity index (χ1) is 12.1. The van der Waals surface area contributed by atoms with Gasteiger partial charge in [0.1, 0.15) is 5.75 Å². The van der Waals surface area contributed by atoms with E-state index >= 15 is 0 Å². The molecular formula is C21H26N2O2. The van der Waals surface area contributed by atoms with Gasteiger partial charge < -0.3 is 9.64 Å². The fraction of sp³-hybridized carbons (Fsp3) is 0.381. The molecule has 1 aliphatic heterocycles. The second-order valence-corrected chi connectivity index (χ2v) is 6.71. The van der Waals surface area contributed by atoms with Crippen molar-refractivity contribution < 1.29 is 9.53 Å². The number of carbonyl (C=O) groups is 1. The van der Waals surface area contributed by atoms with E-state index in [0.717, 1.165) is 44.0 Å². The third-order valence-corrected chi connectivity index (χ3v) is 4.41. The van der Waals surface area contributed by atoms with Crippen LogP contribution >= 0.6 is 0 Å². The van der Waals surface area contributed by atoms with Crippen LogP contribution in [0.2, 0.25) is 0 Å². The van der Waals surface area contributed by atoms with Gasteiger partial charge in [0.25, 0.3) is 5.91 Å². The molecule has 3 rings (SSSR count). The second kappa shape index (κ2) is 8.17. The van der Waals surface area contributed by atoms with Crippen LogP contribution in [-0.4, -0.2) is 48.0 Å². The first-order valence-electron chi connectivity index (χ1n) is 8.94. The molecule has 4 heteroatoms. The van der Waals surface area contributed by atoms with E-state index in [1.807, 2.05) is 61.2 Å². The lowest BCUT2D eigenvalue weighted by molar-refractivity contribution is 0.0626. The normalized spacial score (nSPS) is 15.4. The molecule has 2 aromatic rings. The molecule has 1 amide bonds. The van der Waals surface area contributed by atoms with Crippen LogP contribution in [0, 0.1) is 0 Å². The second-order valence-electron chi connectivity index (χ2n) is 6.71. The summed E-state index contributed by atoms with van der Waals surface area (Å²) < 4.78 is 5.91. The number of piperazine rings is 1. The average molecular weight is 338 g/mol. The van der Waals surface area contributed by atoms with E-state index < -0.39 is 0 Å². The minimum Gasteiger partial charge on any atom is -0.491 e. The largest absolute Gasteiger partial charge is 0.491 e. The van der Waals surface area contributed by atoms with E-state index in [2.05, 4.69) is 17.0 Å². The lowest BCUT2D eigenvalue weighted by Crippen LogP contribution is -2.48. The lowest BCUT2D eigenvalue weighted by atomic mass is 10.1. The molecule has 25 heavy (non-hydrogen) atoms. The number of carbonyl (C=O) groups excluding carboxylic acids is 1. The molecule has 0 atom stereocenters. The van der Waals surface area contributed by atoms with Crippen LogP contribution in [0.25, 0.3) is 0 Å². The highest BCUT2D eigenvalue weighted by Crippen LogP contribution is 2.22. The maximum atomic E-state index is 12.5. The smallest absolute Gasteiger partial charge is 0.253 e. The Morgan fingerprint density at radius 1 is 0.960 bits per heavy atom. The summed E-state index contributed by atoms with van der Waals surface area (Å²) in [6.45, 7) is 8.25. The molecule has 0 N–H and O–H groups in total. The molecule has 0 saturated carbocycles.